The molecule has 6 heteroatoms. The van der Waals surface area contributed by atoms with Gasteiger partial charge in [-0.25, -0.2) is 0 Å². The van der Waals surface area contributed by atoms with E-state index in [0.717, 1.165) is 17.7 Å². The molecule has 0 saturated heterocycles. The van der Waals surface area contributed by atoms with Crippen molar-refractivity contribution in [3.05, 3.63) is 23.2 Å². The summed E-state index contributed by atoms with van der Waals surface area (Å²) in [7, 11) is 0. The summed E-state index contributed by atoms with van der Waals surface area (Å²) in [5.74, 6) is 0.359. The molecule has 0 aliphatic heterocycles. The lowest BCUT2D eigenvalue weighted by Gasteiger charge is -2.22. The average Bonchev–Trinajstić information content (AvgIpc) is 3.22. The molecule has 1 aliphatic rings. The smallest absolute Gasteiger partial charge is 0.231 e. The molecular formula is C14H16ClN3OS. The van der Waals surface area contributed by atoms with Crippen LogP contribution in [0.15, 0.2) is 23.1 Å². The number of carbonyl (C=O) groups excluding carboxylic acids is 1. The number of nitrogens with two attached hydrogens (primary N) is 1. The molecule has 1 unspecified atom stereocenters. The standard InChI is InChI=1S/C14H16ClN3OS/c1-14(8-16,9-2-3-9)18-13(19)7-20-12-5-4-10(15)6-11(12)17/h4-6,9H,2-3,7,17H2,1H3,(H,18,19). The number of rotatable bonds is 5. The molecule has 1 fully saturated rings. The van der Waals surface area contributed by atoms with Crippen molar-refractivity contribution in [1.82, 2.24) is 5.32 Å². The molecule has 1 aromatic carbocycles. The Hall–Kier alpha value is -1.38. The van der Waals surface area contributed by atoms with Crippen molar-refractivity contribution in [3.8, 4) is 6.07 Å². The van der Waals surface area contributed by atoms with Crippen molar-refractivity contribution in [1.29, 1.82) is 5.26 Å². The number of hydrogen-bond donors (Lipinski definition) is 2. The Bertz CT molecular complexity index is 568. The molecule has 20 heavy (non-hydrogen) atoms. The van der Waals surface area contributed by atoms with Gasteiger partial charge in [0.25, 0.3) is 0 Å². The van der Waals surface area contributed by atoms with Crippen LogP contribution in [0.4, 0.5) is 5.69 Å². The maximum absolute atomic E-state index is 12.0. The molecule has 2 rings (SSSR count). The van der Waals surface area contributed by atoms with E-state index in [0.29, 0.717) is 10.7 Å². The van der Waals surface area contributed by atoms with E-state index in [4.69, 9.17) is 17.3 Å². The van der Waals surface area contributed by atoms with Crippen molar-refractivity contribution in [2.24, 2.45) is 5.92 Å². The van der Waals surface area contributed by atoms with Crippen molar-refractivity contribution in [3.63, 3.8) is 0 Å². The lowest BCUT2D eigenvalue weighted by atomic mass is 9.98. The molecule has 0 heterocycles. The van der Waals surface area contributed by atoms with E-state index >= 15 is 0 Å². The predicted molar refractivity (Wildman–Crippen MR) is 81.5 cm³/mol. The van der Waals surface area contributed by atoms with Gasteiger partial charge in [-0.3, -0.25) is 4.79 Å². The second-order valence-corrected chi connectivity index (χ2v) is 6.56. The highest BCUT2D eigenvalue weighted by molar-refractivity contribution is 8.00. The molecule has 1 atom stereocenters. The van der Waals surface area contributed by atoms with Gasteiger partial charge in [0.1, 0.15) is 5.54 Å². The summed E-state index contributed by atoms with van der Waals surface area (Å²) in [6, 6.07) is 7.39. The Kier molecular flexibility index (Phi) is 4.46. The maximum Gasteiger partial charge on any atom is 0.231 e. The number of nitrogens with zero attached hydrogens (tertiary/aromatic N) is 1. The zero-order valence-corrected chi connectivity index (χ0v) is 12.7. The van der Waals surface area contributed by atoms with Crippen molar-refractivity contribution < 1.29 is 4.79 Å². The fourth-order valence-electron chi connectivity index (χ4n) is 2.00. The molecule has 0 bridgehead atoms. The number of halogens is 1. The van der Waals surface area contributed by atoms with Crippen LogP contribution >= 0.6 is 23.4 Å². The fourth-order valence-corrected chi connectivity index (χ4v) is 2.93. The quantitative estimate of drug-likeness (QED) is 0.647. The predicted octanol–water partition coefficient (Wildman–Crippen LogP) is 2.82. The van der Waals surface area contributed by atoms with Crippen molar-refractivity contribution >= 4 is 35.0 Å². The molecule has 106 valence electrons. The minimum absolute atomic E-state index is 0.153. The largest absolute Gasteiger partial charge is 0.398 e. The first-order valence-corrected chi connectivity index (χ1v) is 7.71. The zero-order chi connectivity index (χ0) is 14.8. The first-order valence-electron chi connectivity index (χ1n) is 6.34. The van der Waals surface area contributed by atoms with Crippen LogP contribution in [0.5, 0.6) is 0 Å². The van der Waals surface area contributed by atoms with Gasteiger partial charge in [-0.15, -0.1) is 11.8 Å². The van der Waals surface area contributed by atoms with E-state index in [2.05, 4.69) is 11.4 Å². The van der Waals surface area contributed by atoms with Crippen LogP contribution in [-0.4, -0.2) is 17.2 Å². The van der Waals surface area contributed by atoms with Gasteiger partial charge < -0.3 is 11.1 Å². The highest BCUT2D eigenvalue weighted by Crippen LogP contribution is 2.39. The van der Waals surface area contributed by atoms with E-state index in [-0.39, 0.29) is 17.6 Å². The zero-order valence-electron chi connectivity index (χ0n) is 11.1. The number of thioether (sulfide) groups is 1. The van der Waals surface area contributed by atoms with Gasteiger partial charge in [0.15, 0.2) is 0 Å². The van der Waals surface area contributed by atoms with E-state index in [1.807, 2.05) is 0 Å². The van der Waals surface area contributed by atoms with Gasteiger partial charge in [0, 0.05) is 15.6 Å². The van der Waals surface area contributed by atoms with E-state index in [1.54, 1.807) is 25.1 Å². The van der Waals surface area contributed by atoms with Gasteiger partial charge >= 0.3 is 0 Å². The Morgan fingerprint density at radius 2 is 2.35 bits per heavy atom. The lowest BCUT2D eigenvalue weighted by Crippen LogP contribution is -2.47. The molecule has 3 N–H and O–H groups in total. The SMILES string of the molecule is CC(C#N)(NC(=O)CSc1ccc(Cl)cc1N)C1CC1. The average molecular weight is 310 g/mol. The number of nitriles is 1. The molecular weight excluding hydrogens is 294 g/mol. The number of carbonyl (C=O) groups is 1. The van der Waals surface area contributed by atoms with Crippen LogP contribution in [0.3, 0.4) is 0 Å². The third-order valence-electron chi connectivity index (χ3n) is 3.36. The molecule has 1 amide bonds. The number of benzene rings is 1. The second kappa shape index (κ2) is 5.94. The number of nitrogens with one attached hydrogen (secondary N) is 1. The summed E-state index contributed by atoms with van der Waals surface area (Å²) >= 11 is 7.16. The Morgan fingerprint density at radius 1 is 1.65 bits per heavy atom. The molecule has 0 aromatic heterocycles. The summed E-state index contributed by atoms with van der Waals surface area (Å²) in [6.45, 7) is 1.78. The molecule has 0 radical (unpaired) electrons. The summed E-state index contributed by atoms with van der Waals surface area (Å²) in [5.41, 5.74) is 5.64. The third kappa shape index (κ3) is 3.59. The van der Waals surface area contributed by atoms with Crippen LogP contribution < -0.4 is 11.1 Å². The third-order valence-corrected chi connectivity index (χ3v) is 4.68. The highest BCUT2D eigenvalue weighted by atomic mass is 35.5. The van der Waals surface area contributed by atoms with Crippen LogP contribution in [0.2, 0.25) is 5.02 Å². The van der Waals surface area contributed by atoms with Crippen LogP contribution in [-0.2, 0) is 4.79 Å². The molecule has 1 saturated carbocycles. The lowest BCUT2D eigenvalue weighted by molar-refractivity contribution is -0.119. The number of hydrogen-bond acceptors (Lipinski definition) is 4. The minimum atomic E-state index is -0.747. The monoisotopic (exact) mass is 309 g/mol. The van der Waals surface area contributed by atoms with Gasteiger partial charge in [0.2, 0.25) is 5.91 Å². The van der Waals surface area contributed by atoms with Gasteiger partial charge in [-0.05, 0) is 43.9 Å². The summed E-state index contributed by atoms with van der Waals surface area (Å²) in [5, 5.41) is 12.6. The number of nitrogen functional groups attached to an aromatic ring is 1. The van der Waals surface area contributed by atoms with Crippen LogP contribution in [0.25, 0.3) is 0 Å². The fraction of sp³-hybridized carbons (Fsp3) is 0.429. The van der Waals surface area contributed by atoms with Gasteiger partial charge in [-0.2, -0.15) is 5.26 Å². The summed E-state index contributed by atoms with van der Waals surface area (Å²) in [6.07, 6.45) is 2.00. The van der Waals surface area contributed by atoms with Crippen molar-refractivity contribution in [2.45, 2.75) is 30.2 Å². The Balaban J connectivity index is 1.90. The van der Waals surface area contributed by atoms with Crippen LogP contribution in [0.1, 0.15) is 19.8 Å². The van der Waals surface area contributed by atoms with E-state index < -0.39 is 5.54 Å². The topological polar surface area (TPSA) is 78.9 Å². The molecule has 1 aliphatic carbocycles. The minimum Gasteiger partial charge on any atom is -0.398 e. The normalized spacial score (nSPS) is 17.1. The molecule has 4 nitrogen and oxygen atoms in total. The van der Waals surface area contributed by atoms with E-state index in [9.17, 15) is 10.1 Å². The first kappa shape index (κ1) is 15.0. The summed E-state index contributed by atoms with van der Waals surface area (Å²) in [4.78, 5) is 12.8. The Labute approximate surface area is 127 Å². The van der Waals surface area contributed by atoms with Gasteiger partial charge in [-0.1, -0.05) is 11.6 Å². The highest BCUT2D eigenvalue weighted by Gasteiger charge is 2.42. The molecule has 1 aromatic rings. The second-order valence-electron chi connectivity index (χ2n) is 5.11. The van der Waals surface area contributed by atoms with Crippen LogP contribution in [0, 0.1) is 17.2 Å². The molecule has 0 spiro atoms. The first-order chi connectivity index (χ1) is 9.44. The number of anilines is 1. The van der Waals surface area contributed by atoms with E-state index in [1.165, 1.54) is 11.8 Å². The van der Waals surface area contributed by atoms with Crippen molar-refractivity contribution in [2.75, 3.05) is 11.5 Å². The summed E-state index contributed by atoms with van der Waals surface area (Å²) < 4.78 is 0. The maximum atomic E-state index is 12.0. The van der Waals surface area contributed by atoms with Gasteiger partial charge in [0.05, 0.1) is 11.8 Å². The number of amides is 1. The Morgan fingerprint density at radius 3 is 2.90 bits per heavy atom.